The molecule has 21 heavy (non-hydrogen) atoms. The summed E-state index contributed by atoms with van der Waals surface area (Å²) in [5.74, 6) is -0.893. The molecule has 6 nitrogen and oxygen atoms in total. The first kappa shape index (κ1) is 15.2. The van der Waals surface area contributed by atoms with Crippen LogP contribution < -0.4 is 10.6 Å². The number of carboxylic acid groups (broad SMARTS) is 1. The summed E-state index contributed by atoms with van der Waals surface area (Å²) in [6.45, 7) is 3.74. The third kappa shape index (κ3) is 4.16. The van der Waals surface area contributed by atoms with Crippen molar-refractivity contribution in [3.63, 3.8) is 0 Å². The number of benzene rings is 1. The lowest BCUT2D eigenvalue weighted by atomic mass is 10.0. The topological polar surface area (TPSA) is 91.3 Å². The molecule has 0 spiro atoms. The van der Waals surface area contributed by atoms with Gasteiger partial charge in [0.05, 0.1) is 22.1 Å². The number of anilines is 1. The first-order valence-electron chi connectivity index (χ1n) is 6.58. The van der Waals surface area contributed by atoms with Crippen LogP contribution in [0.1, 0.15) is 20.3 Å². The molecule has 2 amide bonds. The van der Waals surface area contributed by atoms with E-state index < -0.39 is 18.0 Å². The maximum Gasteiger partial charge on any atom is 0.319 e. The maximum atomic E-state index is 12.0. The Balaban J connectivity index is 2.00. The van der Waals surface area contributed by atoms with Gasteiger partial charge in [0.15, 0.2) is 0 Å². The molecule has 7 heteroatoms. The van der Waals surface area contributed by atoms with Crippen LogP contribution in [0.5, 0.6) is 0 Å². The van der Waals surface area contributed by atoms with Crippen LogP contribution in [0.2, 0.25) is 0 Å². The number of aliphatic carboxylic acids is 1. The Morgan fingerprint density at radius 3 is 2.81 bits per heavy atom. The number of aromatic nitrogens is 1. The molecule has 1 atom stereocenters. The molecule has 1 aromatic heterocycles. The van der Waals surface area contributed by atoms with Gasteiger partial charge >= 0.3 is 12.0 Å². The van der Waals surface area contributed by atoms with E-state index in [4.69, 9.17) is 5.11 Å². The van der Waals surface area contributed by atoms with Crippen LogP contribution >= 0.6 is 11.3 Å². The van der Waals surface area contributed by atoms with Crippen molar-refractivity contribution in [2.75, 3.05) is 5.32 Å². The molecule has 0 saturated carbocycles. The van der Waals surface area contributed by atoms with Gasteiger partial charge in [0, 0.05) is 11.7 Å². The smallest absolute Gasteiger partial charge is 0.319 e. The molecule has 0 aliphatic carbocycles. The molecule has 2 rings (SSSR count). The van der Waals surface area contributed by atoms with E-state index in [9.17, 15) is 9.59 Å². The lowest BCUT2D eigenvalue weighted by Crippen LogP contribution is -2.42. The third-order valence-electron chi connectivity index (χ3n) is 3.10. The van der Waals surface area contributed by atoms with Crippen LogP contribution in [0.3, 0.4) is 0 Å². The number of urea groups is 1. The van der Waals surface area contributed by atoms with Gasteiger partial charge in [-0.2, -0.15) is 0 Å². The first-order valence-corrected chi connectivity index (χ1v) is 7.46. The van der Waals surface area contributed by atoms with Crippen molar-refractivity contribution < 1.29 is 14.7 Å². The molecule has 0 fully saturated rings. The van der Waals surface area contributed by atoms with Crippen molar-refractivity contribution in [2.45, 2.75) is 26.3 Å². The quantitative estimate of drug-likeness (QED) is 0.792. The predicted molar refractivity (Wildman–Crippen MR) is 82.7 cm³/mol. The average Bonchev–Trinajstić information content (AvgIpc) is 2.84. The molecule has 1 heterocycles. The number of carboxylic acids is 1. The number of nitrogens with zero attached hydrogens (tertiary/aromatic N) is 1. The fraction of sp³-hybridized carbons (Fsp3) is 0.357. The van der Waals surface area contributed by atoms with E-state index in [2.05, 4.69) is 15.6 Å². The highest BCUT2D eigenvalue weighted by atomic mass is 32.1. The summed E-state index contributed by atoms with van der Waals surface area (Å²) in [7, 11) is 0. The number of nitrogens with one attached hydrogen (secondary N) is 2. The van der Waals surface area contributed by atoms with Crippen LogP contribution in [-0.4, -0.2) is 28.1 Å². The molecule has 1 aromatic carbocycles. The predicted octanol–water partition coefficient (Wildman–Crippen LogP) is 2.92. The van der Waals surface area contributed by atoms with E-state index in [0.717, 1.165) is 10.2 Å². The second-order valence-corrected chi connectivity index (χ2v) is 5.97. The highest BCUT2D eigenvalue weighted by Gasteiger charge is 2.19. The molecule has 0 aliphatic rings. The lowest BCUT2D eigenvalue weighted by Gasteiger charge is -2.20. The van der Waals surface area contributed by atoms with Crippen LogP contribution in [0.15, 0.2) is 23.7 Å². The molecule has 3 N–H and O–H groups in total. The van der Waals surface area contributed by atoms with E-state index in [1.165, 1.54) is 11.3 Å². The summed E-state index contributed by atoms with van der Waals surface area (Å²) >= 11 is 1.50. The van der Waals surface area contributed by atoms with Gasteiger partial charge in [0.2, 0.25) is 0 Å². The van der Waals surface area contributed by atoms with Crippen LogP contribution in [0, 0.1) is 5.92 Å². The number of carbonyl (C=O) groups excluding carboxylic acids is 1. The summed E-state index contributed by atoms with van der Waals surface area (Å²) in [5, 5.41) is 14.3. The monoisotopic (exact) mass is 307 g/mol. The number of carbonyl (C=O) groups is 2. The second-order valence-electron chi connectivity index (χ2n) is 5.08. The minimum Gasteiger partial charge on any atom is -0.481 e. The Labute approximate surface area is 126 Å². The minimum atomic E-state index is -0.930. The van der Waals surface area contributed by atoms with Gasteiger partial charge in [0.1, 0.15) is 0 Å². The summed E-state index contributed by atoms with van der Waals surface area (Å²) in [4.78, 5) is 26.9. The van der Waals surface area contributed by atoms with E-state index in [-0.39, 0.29) is 12.3 Å². The minimum absolute atomic E-state index is 0.0378. The normalized spacial score (nSPS) is 12.3. The second kappa shape index (κ2) is 6.53. The van der Waals surface area contributed by atoms with E-state index in [1.54, 1.807) is 11.6 Å². The molecule has 0 aliphatic heterocycles. The summed E-state index contributed by atoms with van der Waals surface area (Å²) in [6.07, 6.45) is -0.0982. The van der Waals surface area contributed by atoms with Crippen LogP contribution in [0.25, 0.3) is 10.2 Å². The van der Waals surface area contributed by atoms with Crippen molar-refractivity contribution in [1.29, 1.82) is 0 Å². The van der Waals surface area contributed by atoms with Crippen LogP contribution in [-0.2, 0) is 4.79 Å². The number of hydrogen-bond donors (Lipinski definition) is 3. The van der Waals surface area contributed by atoms with Crippen molar-refractivity contribution in [1.82, 2.24) is 10.3 Å². The van der Waals surface area contributed by atoms with Crippen molar-refractivity contribution in [3.8, 4) is 0 Å². The number of amides is 2. The fourth-order valence-electron chi connectivity index (χ4n) is 1.91. The van der Waals surface area contributed by atoms with Gasteiger partial charge in [-0.25, -0.2) is 9.78 Å². The van der Waals surface area contributed by atoms with E-state index >= 15 is 0 Å². The number of thiazole rings is 1. The Morgan fingerprint density at radius 1 is 1.38 bits per heavy atom. The third-order valence-corrected chi connectivity index (χ3v) is 3.90. The van der Waals surface area contributed by atoms with Gasteiger partial charge in [-0.15, -0.1) is 11.3 Å². The zero-order valence-electron chi connectivity index (χ0n) is 11.8. The maximum absolute atomic E-state index is 12.0. The highest BCUT2D eigenvalue weighted by Crippen LogP contribution is 2.21. The molecule has 0 radical (unpaired) electrons. The van der Waals surface area contributed by atoms with Gasteiger partial charge in [0.25, 0.3) is 0 Å². The Hall–Kier alpha value is -2.15. The van der Waals surface area contributed by atoms with Gasteiger partial charge in [-0.1, -0.05) is 13.8 Å². The van der Waals surface area contributed by atoms with Gasteiger partial charge in [-0.3, -0.25) is 4.79 Å². The molecule has 1 unspecified atom stereocenters. The Morgan fingerprint density at radius 2 is 2.14 bits per heavy atom. The molecular formula is C14H17N3O3S. The van der Waals surface area contributed by atoms with Gasteiger partial charge in [-0.05, 0) is 24.1 Å². The number of hydrogen-bond acceptors (Lipinski definition) is 4. The molecule has 0 bridgehead atoms. The molecule has 0 saturated heterocycles. The summed E-state index contributed by atoms with van der Waals surface area (Å²) in [5.41, 5.74) is 3.29. The van der Waals surface area contributed by atoms with Crippen molar-refractivity contribution >= 4 is 39.2 Å². The largest absolute Gasteiger partial charge is 0.481 e. The Kier molecular flexibility index (Phi) is 4.74. The first-order chi connectivity index (χ1) is 9.95. The summed E-state index contributed by atoms with van der Waals surface area (Å²) in [6, 6.07) is 4.63. The van der Waals surface area contributed by atoms with Crippen molar-refractivity contribution in [3.05, 3.63) is 23.7 Å². The lowest BCUT2D eigenvalue weighted by molar-refractivity contribution is -0.137. The highest BCUT2D eigenvalue weighted by molar-refractivity contribution is 7.16. The molecular weight excluding hydrogens is 290 g/mol. The standard InChI is InChI=1S/C14H17N3O3S/c1-8(2)11(6-13(18)19)17-14(20)16-9-3-4-10-12(5-9)21-7-15-10/h3-5,7-8,11H,6H2,1-2H3,(H,18,19)(H2,16,17,20). The summed E-state index contributed by atoms with van der Waals surface area (Å²) < 4.78 is 0.985. The molecule has 2 aromatic rings. The van der Waals surface area contributed by atoms with Crippen molar-refractivity contribution in [2.24, 2.45) is 5.92 Å². The zero-order valence-corrected chi connectivity index (χ0v) is 12.6. The van der Waals surface area contributed by atoms with Gasteiger partial charge < -0.3 is 15.7 Å². The zero-order chi connectivity index (χ0) is 15.4. The van der Waals surface area contributed by atoms with E-state index in [1.807, 2.05) is 26.0 Å². The Bertz CT molecular complexity index is 654. The average molecular weight is 307 g/mol. The number of rotatable bonds is 5. The number of fused-ring (bicyclic) bond motifs is 1. The fourth-order valence-corrected chi connectivity index (χ4v) is 2.63. The molecule has 112 valence electrons. The SMILES string of the molecule is CC(C)C(CC(=O)O)NC(=O)Nc1ccc2ncsc2c1. The van der Waals surface area contributed by atoms with Crippen LogP contribution in [0.4, 0.5) is 10.5 Å². The van der Waals surface area contributed by atoms with E-state index in [0.29, 0.717) is 5.69 Å².